The fourth-order valence-corrected chi connectivity index (χ4v) is 2.84. The lowest BCUT2D eigenvalue weighted by atomic mass is 9.90. The summed E-state index contributed by atoms with van der Waals surface area (Å²) in [4.78, 5) is 12.0. The van der Waals surface area contributed by atoms with Crippen LogP contribution in [0.15, 0.2) is 5.16 Å². The summed E-state index contributed by atoms with van der Waals surface area (Å²) in [6.07, 6.45) is 1.43. The van der Waals surface area contributed by atoms with Crippen molar-refractivity contribution in [3.05, 3.63) is 0 Å². The van der Waals surface area contributed by atoms with Crippen LogP contribution in [0.1, 0.15) is 26.7 Å². The first kappa shape index (κ1) is 14.0. The second-order valence-electron chi connectivity index (χ2n) is 4.71. The molecule has 7 heteroatoms. The molecule has 0 aromatic rings. The molecule has 1 fully saturated rings. The number of rotatable bonds is 3. The van der Waals surface area contributed by atoms with Crippen LogP contribution in [0.2, 0.25) is 0 Å². The van der Waals surface area contributed by atoms with Crippen molar-refractivity contribution >= 4 is 22.5 Å². The molecule has 0 unspecified atom stereocenters. The van der Waals surface area contributed by atoms with Crippen LogP contribution in [0.5, 0.6) is 0 Å². The number of hydrogen-bond donors (Lipinski definition) is 3. The fraction of sp³-hybridized carbons (Fsp3) is 0.800. The molecule has 6 nitrogen and oxygen atoms in total. The van der Waals surface area contributed by atoms with Crippen molar-refractivity contribution in [2.45, 2.75) is 32.7 Å². The second kappa shape index (κ2) is 5.48. The zero-order valence-corrected chi connectivity index (χ0v) is 10.9. The van der Waals surface area contributed by atoms with Crippen LogP contribution in [0.25, 0.3) is 0 Å². The molecule has 1 saturated heterocycles. The Labute approximate surface area is 103 Å². The highest BCUT2D eigenvalue weighted by Gasteiger charge is 2.34. The van der Waals surface area contributed by atoms with Gasteiger partial charge in [0.1, 0.15) is 5.41 Å². The SMILES string of the molecule is CC(C)(C(=O)NC1CCS(=O)CC1)C(N)=NO. The van der Waals surface area contributed by atoms with Crippen LogP contribution < -0.4 is 11.1 Å². The number of oxime groups is 1. The van der Waals surface area contributed by atoms with E-state index >= 15 is 0 Å². The number of nitrogens with zero attached hydrogens (tertiary/aromatic N) is 1. The van der Waals surface area contributed by atoms with Gasteiger partial charge in [0.25, 0.3) is 0 Å². The lowest BCUT2D eigenvalue weighted by Gasteiger charge is -2.28. The van der Waals surface area contributed by atoms with Crippen molar-refractivity contribution < 1.29 is 14.2 Å². The Hall–Kier alpha value is -1.11. The Bertz CT molecular complexity index is 345. The van der Waals surface area contributed by atoms with Gasteiger partial charge in [-0.05, 0) is 26.7 Å². The number of carbonyl (C=O) groups is 1. The van der Waals surface area contributed by atoms with Crippen LogP contribution in [-0.4, -0.2) is 38.7 Å². The van der Waals surface area contributed by atoms with Gasteiger partial charge in [-0.2, -0.15) is 0 Å². The highest BCUT2D eigenvalue weighted by Crippen LogP contribution is 2.17. The lowest BCUT2D eigenvalue weighted by Crippen LogP contribution is -2.50. The summed E-state index contributed by atoms with van der Waals surface area (Å²) < 4.78 is 11.2. The van der Waals surface area contributed by atoms with E-state index in [1.165, 1.54) is 0 Å². The molecule has 0 saturated carbocycles. The number of amidine groups is 1. The summed E-state index contributed by atoms with van der Waals surface area (Å²) in [5.74, 6) is 0.851. The van der Waals surface area contributed by atoms with Gasteiger partial charge in [-0.3, -0.25) is 9.00 Å². The van der Waals surface area contributed by atoms with Crippen LogP contribution in [0.3, 0.4) is 0 Å². The van der Waals surface area contributed by atoms with Crippen molar-refractivity contribution in [3.63, 3.8) is 0 Å². The maximum absolute atomic E-state index is 12.0. The Morgan fingerprint density at radius 2 is 2.00 bits per heavy atom. The van der Waals surface area contributed by atoms with E-state index in [1.54, 1.807) is 13.8 Å². The van der Waals surface area contributed by atoms with E-state index < -0.39 is 16.2 Å². The van der Waals surface area contributed by atoms with Crippen LogP contribution in [0, 0.1) is 5.41 Å². The predicted molar refractivity (Wildman–Crippen MR) is 66.2 cm³/mol. The molecular weight excluding hydrogens is 242 g/mol. The second-order valence-corrected chi connectivity index (χ2v) is 6.40. The standard InChI is InChI=1S/C10H19N3O3S/c1-10(2,8(11)13-15)9(14)12-7-3-5-17(16)6-4-7/h7,15H,3-6H2,1-2H3,(H2,11,13)(H,12,14). The van der Waals surface area contributed by atoms with Gasteiger partial charge in [-0.1, -0.05) is 5.16 Å². The molecule has 0 aromatic heterocycles. The molecule has 0 spiro atoms. The zero-order valence-electron chi connectivity index (χ0n) is 10.1. The van der Waals surface area contributed by atoms with Crippen molar-refractivity contribution in [1.29, 1.82) is 0 Å². The van der Waals surface area contributed by atoms with Crippen molar-refractivity contribution in [2.75, 3.05) is 11.5 Å². The summed E-state index contributed by atoms with van der Waals surface area (Å²) in [7, 11) is -0.747. The monoisotopic (exact) mass is 261 g/mol. The summed E-state index contributed by atoms with van der Waals surface area (Å²) in [6.45, 7) is 3.19. The molecule has 1 aliphatic rings. The van der Waals surface area contributed by atoms with Gasteiger partial charge in [0, 0.05) is 28.3 Å². The van der Waals surface area contributed by atoms with Crippen molar-refractivity contribution in [2.24, 2.45) is 16.3 Å². The Morgan fingerprint density at radius 1 is 1.47 bits per heavy atom. The highest BCUT2D eigenvalue weighted by molar-refractivity contribution is 7.85. The minimum atomic E-state index is -1.04. The molecule has 4 N–H and O–H groups in total. The number of carbonyl (C=O) groups excluding carboxylic acids is 1. The zero-order chi connectivity index (χ0) is 13.1. The Kier molecular flexibility index (Phi) is 4.50. The quantitative estimate of drug-likeness (QED) is 0.283. The van der Waals surface area contributed by atoms with E-state index in [2.05, 4.69) is 10.5 Å². The number of nitrogens with two attached hydrogens (primary N) is 1. The molecule has 0 bridgehead atoms. The van der Waals surface area contributed by atoms with Gasteiger partial charge >= 0.3 is 0 Å². The van der Waals surface area contributed by atoms with E-state index in [-0.39, 0.29) is 17.8 Å². The van der Waals surface area contributed by atoms with E-state index in [1.807, 2.05) is 0 Å². The number of hydrogen-bond acceptors (Lipinski definition) is 4. The van der Waals surface area contributed by atoms with Gasteiger partial charge in [0.05, 0.1) is 0 Å². The molecule has 1 amide bonds. The summed E-state index contributed by atoms with van der Waals surface area (Å²) in [5.41, 5.74) is 4.43. The first-order chi connectivity index (χ1) is 7.87. The maximum Gasteiger partial charge on any atom is 0.233 e. The minimum Gasteiger partial charge on any atom is -0.409 e. The molecule has 0 aromatic carbocycles. The molecule has 1 heterocycles. The van der Waals surface area contributed by atoms with E-state index in [0.717, 1.165) is 0 Å². The van der Waals surface area contributed by atoms with Gasteiger partial charge in [0.2, 0.25) is 5.91 Å². The largest absolute Gasteiger partial charge is 0.409 e. The maximum atomic E-state index is 12.0. The summed E-state index contributed by atoms with van der Waals surface area (Å²) in [6, 6.07) is 0.0333. The highest BCUT2D eigenvalue weighted by atomic mass is 32.2. The molecule has 0 radical (unpaired) electrons. The predicted octanol–water partition coefficient (Wildman–Crippen LogP) is -0.214. The van der Waals surface area contributed by atoms with Crippen molar-refractivity contribution in [1.82, 2.24) is 5.32 Å². The fourth-order valence-electron chi connectivity index (χ4n) is 1.55. The average Bonchev–Trinajstić information content (AvgIpc) is 2.30. The Balaban J connectivity index is 2.57. The van der Waals surface area contributed by atoms with Gasteiger partial charge in [-0.15, -0.1) is 0 Å². The smallest absolute Gasteiger partial charge is 0.233 e. The van der Waals surface area contributed by atoms with Crippen LogP contribution >= 0.6 is 0 Å². The van der Waals surface area contributed by atoms with Gasteiger partial charge < -0.3 is 16.3 Å². The first-order valence-electron chi connectivity index (χ1n) is 5.52. The molecule has 0 atom stereocenters. The average molecular weight is 261 g/mol. The summed E-state index contributed by atoms with van der Waals surface area (Å²) >= 11 is 0. The molecule has 17 heavy (non-hydrogen) atoms. The molecule has 1 rings (SSSR count). The Morgan fingerprint density at radius 3 is 2.47 bits per heavy atom. The van der Waals surface area contributed by atoms with Crippen molar-refractivity contribution in [3.8, 4) is 0 Å². The normalized spacial score (nSPS) is 26.6. The molecule has 0 aliphatic carbocycles. The molecular formula is C10H19N3O3S. The minimum absolute atomic E-state index is 0.0333. The number of nitrogens with one attached hydrogen (secondary N) is 1. The van der Waals surface area contributed by atoms with E-state index in [0.29, 0.717) is 24.3 Å². The lowest BCUT2D eigenvalue weighted by molar-refractivity contribution is -0.127. The third-order valence-electron chi connectivity index (χ3n) is 3.04. The third kappa shape index (κ3) is 3.42. The topological polar surface area (TPSA) is 105 Å². The third-order valence-corrected chi connectivity index (χ3v) is 4.42. The molecule has 98 valence electrons. The van der Waals surface area contributed by atoms with Gasteiger partial charge in [0.15, 0.2) is 5.84 Å². The van der Waals surface area contributed by atoms with Gasteiger partial charge in [-0.25, -0.2) is 0 Å². The summed E-state index contributed by atoms with van der Waals surface area (Å²) in [5, 5.41) is 14.3. The number of amides is 1. The van der Waals surface area contributed by atoms with E-state index in [4.69, 9.17) is 10.9 Å². The first-order valence-corrected chi connectivity index (χ1v) is 7.00. The van der Waals surface area contributed by atoms with E-state index in [9.17, 15) is 9.00 Å². The molecule has 1 aliphatic heterocycles. The van der Waals surface area contributed by atoms with Crippen LogP contribution in [-0.2, 0) is 15.6 Å². The van der Waals surface area contributed by atoms with Crippen LogP contribution in [0.4, 0.5) is 0 Å².